The van der Waals surface area contributed by atoms with Gasteiger partial charge in [0.15, 0.2) is 10.9 Å². The van der Waals surface area contributed by atoms with E-state index in [2.05, 4.69) is 10.2 Å². The van der Waals surface area contributed by atoms with Crippen LogP contribution in [-0.4, -0.2) is 20.5 Å². The number of halogens is 3. The highest BCUT2D eigenvalue weighted by molar-refractivity contribution is 8.00. The van der Waals surface area contributed by atoms with Crippen LogP contribution in [0.25, 0.3) is 0 Å². The van der Waals surface area contributed by atoms with Crippen LogP contribution in [0.15, 0.2) is 53.7 Å². The van der Waals surface area contributed by atoms with E-state index in [1.165, 1.54) is 7.05 Å². The number of ketones is 1. The minimum absolute atomic E-state index is 0.0263. The summed E-state index contributed by atoms with van der Waals surface area (Å²) in [6, 6.07) is 14.4. The predicted molar refractivity (Wildman–Crippen MR) is 101 cm³/mol. The average Bonchev–Trinajstić information content (AvgIpc) is 3.01. The summed E-state index contributed by atoms with van der Waals surface area (Å²) in [7, 11) is 1.24. The first-order valence-electron chi connectivity index (χ1n) is 8.47. The Bertz CT molecular complexity index is 979. The molecule has 0 N–H and O–H groups in total. The van der Waals surface area contributed by atoms with E-state index >= 15 is 0 Å². The van der Waals surface area contributed by atoms with Crippen LogP contribution in [0.3, 0.4) is 0 Å². The first-order valence-corrected chi connectivity index (χ1v) is 9.35. The summed E-state index contributed by atoms with van der Waals surface area (Å²) in [6.07, 6.45) is -4.61. The van der Waals surface area contributed by atoms with Gasteiger partial charge in [-0.05, 0) is 19.4 Å². The summed E-state index contributed by atoms with van der Waals surface area (Å²) in [5.74, 6) is -1.30. The first kappa shape index (κ1) is 20.1. The van der Waals surface area contributed by atoms with Gasteiger partial charge in [-0.2, -0.15) is 13.2 Å². The van der Waals surface area contributed by atoms with Crippen molar-refractivity contribution in [3.63, 3.8) is 0 Å². The Morgan fingerprint density at radius 2 is 1.50 bits per heavy atom. The normalized spacial score (nSPS) is 12.8. The summed E-state index contributed by atoms with van der Waals surface area (Å²) in [5.41, 5.74) is 3.21. The molecule has 1 atom stereocenters. The largest absolute Gasteiger partial charge is 0.451 e. The summed E-state index contributed by atoms with van der Waals surface area (Å²) < 4.78 is 40.0. The van der Waals surface area contributed by atoms with Gasteiger partial charge in [0.05, 0.1) is 0 Å². The molecule has 0 aliphatic carbocycles. The molecule has 0 bridgehead atoms. The first-order chi connectivity index (χ1) is 13.2. The molecule has 8 heteroatoms. The Morgan fingerprint density at radius 3 is 2.00 bits per heavy atom. The van der Waals surface area contributed by atoms with Gasteiger partial charge < -0.3 is 4.57 Å². The maximum absolute atomic E-state index is 13.2. The van der Waals surface area contributed by atoms with Crippen molar-refractivity contribution < 1.29 is 18.0 Å². The molecular weight excluding hydrogens is 387 g/mol. The van der Waals surface area contributed by atoms with Crippen molar-refractivity contribution in [3.05, 3.63) is 76.6 Å². The molecule has 0 radical (unpaired) electrons. The summed E-state index contributed by atoms with van der Waals surface area (Å²) >= 11 is 0.958. The predicted octanol–water partition coefficient (Wildman–Crippen LogP) is 5.17. The number of nitrogens with zero attached hydrogens (tertiary/aromatic N) is 3. The number of rotatable bonds is 5. The highest BCUT2D eigenvalue weighted by Crippen LogP contribution is 2.38. The van der Waals surface area contributed by atoms with Crippen molar-refractivity contribution in [2.75, 3.05) is 0 Å². The third kappa shape index (κ3) is 4.27. The standard InChI is InChI=1S/C20H18F3N3OS/c1-12-4-8-14(9-5-12)16(27)17(15-10-6-13(2)7-11-15)28-19-25-24-18(26(19)3)20(21,22)23/h4-11,17H,1-3H3/t17-/m0/s1. The number of carbonyl (C=O) groups is 1. The molecule has 3 rings (SSSR count). The molecule has 0 saturated heterocycles. The Labute approximate surface area is 164 Å². The lowest BCUT2D eigenvalue weighted by Crippen LogP contribution is -2.14. The minimum Gasteiger partial charge on any atom is -0.302 e. The second kappa shape index (κ2) is 7.79. The molecule has 28 heavy (non-hydrogen) atoms. The van der Waals surface area contributed by atoms with Crippen molar-refractivity contribution in [1.29, 1.82) is 0 Å². The Kier molecular flexibility index (Phi) is 5.60. The van der Waals surface area contributed by atoms with Crippen molar-refractivity contribution in [1.82, 2.24) is 14.8 Å². The van der Waals surface area contributed by atoms with Crippen molar-refractivity contribution in [2.24, 2.45) is 7.05 Å². The van der Waals surface area contributed by atoms with Gasteiger partial charge in [-0.15, -0.1) is 10.2 Å². The van der Waals surface area contributed by atoms with E-state index in [-0.39, 0.29) is 10.9 Å². The van der Waals surface area contributed by atoms with E-state index in [0.717, 1.165) is 27.5 Å². The lowest BCUT2D eigenvalue weighted by molar-refractivity contribution is -0.147. The van der Waals surface area contributed by atoms with Gasteiger partial charge in [0.2, 0.25) is 5.82 Å². The number of carbonyl (C=O) groups excluding carboxylic acids is 1. The maximum Gasteiger partial charge on any atom is 0.451 e. The lowest BCUT2D eigenvalue weighted by atomic mass is 10.0. The molecule has 0 saturated carbocycles. The van der Waals surface area contributed by atoms with Gasteiger partial charge in [0.1, 0.15) is 5.25 Å². The highest BCUT2D eigenvalue weighted by atomic mass is 32.2. The van der Waals surface area contributed by atoms with E-state index in [4.69, 9.17) is 0 Å². The molecule has 2 aromatic carbocycles. The summed E-state index contributed by atoms with van der Waals surface area (Å²) in [4.78, 5) is 13.2. The molecule has 0 aliphatic heterocycles. The molecule has 0 unspecified atom stereocenters. The number of hydrogen-bond acceptors (Lipinski definition) is 4. The molecule has 0 aliphatic rings. The number of thioether (sulfide) groups is 1. The van der Waals surface area contributed by atoms with Crippen LogP contribution in [0.1, 0.15) is 38.1 Å². The minimum atomic E-state index is -4.61. The van der Waals surface area contributed by atoms with E-state index in [0.29, 0.717) is 11.1 Å². The van der Waals surface area contributed by atoms with Crippen LogP contribution in [0.2, 0.25) is 0 Å². The Morgan fingerprint density at radius 1 is 0.964 bits per heavy atom. The summed E-state index contributed by atoms with van der Waals surface area (Å²) in [6.45, 7) is 3.84. The van der Waals surface area contributed by atoms with E-state index in [1.54, 1.807) is 24.3 Å². The molecule has 1 aromatic heterocycles. The zero-order chi connectivity index (χ0) is 20.5. The molecule has 4 nitrogen and oxygen atoms in total. The van der Waals surface area contributed by atoms with E-state index in [9.17, 15) is 18.0 Å². The van der Waals surface area contributed by atoms with Crippen LogP contribution in [0, 0.1) is 13.8 Å². The fourth-order valence-corrected chi connectivity index (χ4v) is 3.73. The van der Waals surface area contributed by atoms with Crippen LogP contribution in [-0.2, 0) is 13.2 Å². The third-order valence-corrected chi connectivity index (χ3v) is 5.55. The zero-order valence-corrected chi connectivity index (χ0v) is 16.3. The second-order valence-corrected chi connectivity index (χ2v) is 7.57. The van der Waals surface area contributed by atoms with Crippen molar-refractivity contribution in [3.8, 4) is 0 Å². The van der Waals surface area contributed by atoms with Gasteiger partial charge in [0.25, 0.3) is 0 Å². The van der Waals surface area contributed by atoms with Crippen molar-refractivity contribution in [2.45, 2.75) is 30.4 Å². The van der Waals surface area contributed by atoms with Gasteiger partial charge in [-0.1, -0.05) is 71.4 Å². The van der Waals surface area contributed by atoms with E-state index < -0.39 is 17.3 Å². The smallest absolute Gasteiger partial charge is 0.302 e. The highest BCUT2D eigenvalue weighted by Gasteiger charge is 2.38. The molecule has 0 fully saturated rings. The summed E-state index contributed by atoms with van der Waals surface area (Å²) in [5, 5.41) is 6.19. The number of alkyl halides is 3. The SMILES string of the molecule is Cc1ccc(C(=O)[C@@H](Sc2nnc(C(F)(F)F)n2C)c2ccc(C)cc2)cc1. The molecule has 146 valence electrons. The second-order valence-electron chi connectivity index (χ2n) is 6.50. The van der Waals surface area contributed by atoms with Gasteiger partial charge >= 0.3 is 6.18 Å². The molecular formula is C20H18F3N3OS. The van der Waals surface area contributed by atoms with Gasteiger partial charge in [-0.25, -0.2) is 0 Å². The van der Waals surface area contributed by atoms with Gasteiger partial charge in [0, 0.05) is 12.6 Å². The number of aromatic nitrogens is 3. The number of Topliss-reactive ketones (excluding diaryl/α,β-unsaturated/α-hetero) is 1. The fraction of sp³-hybridized carbons (Fsp3) is 0.250. The topological polar surface area (TPSA) is 47.8 Å². The van der Waals surface area contributed by atoms with Crippen molar-refractivity contribution >= 4 is 17.5 Å². The number of benzene rings is 2. The molecule has 0 amide bonds. The average molecular weight is 405 g/mol. The monoisotopic (exact) mass is 405 g/mol. The maximum atomic E-state index is 13.2. The quantitative estimate of drug-likeness (QED) is 0.434. The van der Waals surface area contributed by atoms with Crippen LogP contribution in [0.5, 0.6) is 0 Å². The zero-order valence-electron chi connectivity index (χ0n) is 15.5. The number of aryl methyl sites for hydroxylation is 2. The van der Waals surface area contributed by atoms with E-state index in [1.807, 2.05) is 38.1 Å². The van der Waals surface area contributed by atoms with Crippen LogP contribution >= 0.6 is 11.8 Å². The molecule has 0 spiro atoms. The third-order valence-electron chi connectivity index (χ3n) is 4.27. The molecule has 3 aromatic rings. The molecule has 1 heterocycles. The van der Waals surface area contributed by atoms with Crippen LogP contribution in [0.4, 0.5) is 13.2 Å². The van der Waals surface area contributed by atoms with Gasteiger partial charge in [-0.3, -0.25) is 4.79 Å². The fourth-order valence-electron chi connectivity index (χ4n) is 2.65. The Hall–Kier alpha value is -2.61. The lowest BCUT2D eigenvalue weighted by Gasteiger charge is -2.16. The Balaban J connectivity index is 2.00. The van der Waals surface area contributed by atoms with Crippen LogP contribution < -0.4 is 0 Å². The number of hydrogen-bond donors (Lipinski definition) is 0.